The molecule has 0 saturated carbocycles. The molecular formula is C28H34N4O8S. The van der Waals surface area contributed by atoms with Crippen molar-refractivity contribution in [3.05, 3.63) is 85.0 Å². The maximum atomic E-state index is 8.74. The van der Waals surface area contributed by atoms with Crippen molar-refractivity contribution in [2.75, 3.05) is 13.2 Å². The van der Waals surface area contributed by atoms with E-state index in [0.29, 0.717) is 13.2 Å². The molecule has 0 spiro atoms. The Hall–Kier alpha value is -4.07. The van der Waals surface area contributed by atoms with Gasteiger partial charge < -0.3 is 28.1 Å². The highest BCUT2D eigenvalue weighted by atomic mass is 32.3. The topological polar surface area (TPSA) is 147 Å². The first-order chi connectivity index (χ1) is 19.7. The van der Waals surface area contributed by atoms with Crippen molar-refractivity contribution in [3.8, 4) is 23.0 Å². The van der Waals surface area contributed by atoms with Gasteiger partial charge in [0.1, 0.15) is 37.1 Å². The van der Waals surface area contributed by atoms with Gasteiger partial charge in [-0.2, -0.15) is 8.42 Å². The van der Waals surface area contributed by atoms with Gasteiger partial charge in [0.2, 0.25) is 0 Å². The minimum absolute atomic E-state index is 0.0348. The number of nitrogens with zero attached hydrogens (tertiary/aromatic N) is 4. The Bertz CT molecular complexity index is 1400. The van der Waals surface area contributed by atoms with E-state index in [9.17, 15) is 0 Å². The first kappa shape index (κ1) is 29.9. The Morgan fingerprint density at radius 2 is 1.10 bits per heavy atom. The minimum atomic E-state index is -4.67. The van der Waals surface area contributed by atoms with Crippen molar-refractivity contribution in [1.29, 1.82) is 0 Å². The molecule has 0 fully saturated rings. The molecule has 2 aromatic carbocycles. The monoisotopic (exact) mass is 586 g/mol. The number of benzene rings is 2. The van der Waals surface area contributed by atoms with Gasteiger partial charge >= 0.3 is 10.4 Å². The van der Waals surface area contributed by atoms with E-state index in [1.165, 1.54) is 0 Å². The number of imidazole rings is 2. The summed E-state index contributed by atoms with van der Waals surface area (Å²) in [7, 11) is -4.67. The Morgan fingerprint density at radius 1 is 0.732 bits per heavy atom. The molecule has 2 unspecified atom stereocenters. The molecule has 4 aromatic rings. The molecule has 4 heterocycles. The van der Waals surface area contributed by atoms with Gasteiger partial charge in [0.25, 0.3) is 0 Å². The van der Waals surface area contributed by atoms with Gasteiger partial charge in [-0.1, -0.05) is 24.3 Å². The maximum Gasteiger partial charge on any atom is 0.394 e. The molecule has 2 aromatic heterocycles. The van der Waals surface area contributed by atoms with Crippen molar-refractivity contribution in [2.24, 2.45) is 0 Å². The summed E-state index contributed by atoms with van der Waals surface area (Å²) in [6.45, 7) is 7.23. The van der Waals surface area contributed by atoms with E-state index < -0.39 is 10.4 Å². The van der Waals surface area contributed by atoms with Crippen LogP contribution >= 0.6 is 0 Å². The molecule has 0 bridgehead atoms. The van der Waals surface area contributed by atoms with E-state index >= 15 is 0 Å². The number of aryl methyl sites for hydroxylation is 2. The second-order valence-electron chi connectivity index (χ2n) is 9.11. The Morgan fingerprint density at radius 3 is 1.46 bits per heavy atom. The third-order valence-electron chi connectivity index (χ3n) is 6.24. The van der Waals surface area contributed by atoms with E-state index in [1.54, 1.807) is 0 Å². The van der Waals surface area contributed by atoms with E-state index in [0.717, 1.165) is 60.6 Å². The molecule has 2 N–H and O–H groups in total. The predicted octanol–water partition coefficient (Wildman–Crippen LogP) is 3.92. The van der Waals surface area contributed by atoms with Crippen molar-refractivity contribution in [2.45, 2.75) is 52.0 Å². The molecule has 6 rings (SSSR count). The summed E-state index contributed by atoms with van der Waals surface area (Å²) in [6.07, 6.45) is 9.26. The fraction of sp³-hybridized carbons (Fsp3) is 0.357. The highest BCUT2D eigenvalue weighted by Crippen LogP contribution is 2.32. The van der Waals surface area contributed by atoms with Crippen LogP contribution in [0.1, 0.15) is 25.5 Å². The average Bonchev–Trinajstić information content (AvgIpc) is 3.61. The number of ether oxygens (including phenoxy) is 4. The smallest absolute Gasteiger partial charge is 0.394 e. The lowest BCUT2D eigenvalue weighted by atomic mass is 10.2. The summed E-state index contributed by atoms with van der Waals surface area (Å²) < 4.78 is 59.1. The molecule has 13 heteroatoms. The lowest BCUT2D eigenvalue weighted by molar-refractivity contribution is 0.0892. The first-order valence-corrected chi connectivity index (χ1v) is 14.6. The molecule has 12 nitrogen and oxygen atoms in total. The van der Waals surface area contributed by atoms with Gasteiger partial charge in [-0.3, -0.25) is 9.11 Å². The third-order valence-corrected chi connectivity index (χ3v) is 6.24. The van der Waals surface area contributed by atoms with Crippen LogP contribution in [-0.2, 0) is 36.3 Å². The summed E-state index contributed by atoms with van der Waals surface area (Å²) >= 11 is 0. The summed E-state index contributed by atoms with van der Waals surface area (Å²) in [5.74, 6) is 5.39. The van der Waals surface area contributed by atoms with Crippen LogP contribution < -0.4 is 18.9 Å². The lowest BCUT2D eigenvalue weighted by Gasteiger charge is -2.26. The predicted molar refractivity (Wildman–Crippen MR) is 150 cm³/mol. The lowest BCUT2D eigenvalue weighted by Crippen LogP contribution is -2.32. The van der Waals surface area contributed by atoms with Gasteiger partial charge in [0.15, 0.2) is 23.0 Å². The summed E-state index contributed by atoms with van der Waals surface area (Å²) in [5, 5.41) is 0. The second kappa shape index (κ2) is 14.0. The normalized spacial score (nSPS) is 17.0. The van der Waals surface area contributed by atoms with Crippen LogP contribution in [-0.4, -0.2) is 62.0 Å². The van der Waals surface area contributed by atoms with Crippen molar-refractivity contribution in [1.82, 2.24) is 19.1 Å². The number of hydrogen-bond donors (Lipinski definition) is 2. The number of para-hydroxylation sites is 4. The third kappa shape index (κ3) is 8.96. The van der Waals surface area contributed by atoms with Crippen LogP contribution in [0.3, 0.4) is 0 Å². The first-order valence-electron chi connectivity index (χ1n) is 13.2. The molecule has 2 aliphatic rings. The quantitative estimate of drug-likeness (QED) is 0.319. The van der Waals surface area contributed by atoms with E-state index in [2.05, 4.69) is 32.9 Å². The Labute approximate surface area is 239 Å². The molecule has 2 aliphatic heterocycles. The SMILES string of the molecule is CCn1ccnc1CC1COc2ccccc2O1.CCn1ccnc1CC1COc2ccccc2O1.O=S(=O)(O)O. The van der Waals surface area contributed by atoms with Gasteiger partial charge in [0, 0.05) is 50.7 Å². The Kier molecular flexibility index (Phi) is 10.2. The minimum Gasteiger partial charge on any atom is -0.486 e. The van der Waals surface area contributed by atoms with Gasteiger partial charge in [-0.15, -0.1) is 0 Å². The molecule has 41 heavy (non-hydrogen) atoms. The fourth-order valence-corrected chi connectivity index (χ4v) is 4.37. The van der Waals surface area contributed by atoms with E-state index in [1.807, 2.05) is 73.3 Å². The summed E-state index contributed by atoms with van der Waals surface area (Å²) in [6, 6.07) is 15.5. The second-order valence-corrected chi connectivity index (χ2v) is 10.0. The molecular weight excluding hydrogens is 552 g/mol. The van der Waals surface area contributed by atoms with Gasteiger partial charge in [-0.25, -0.2) is 9.97 Å². The van der Waals surface area contributed by atoms with Crippen LogP contribution in [0.15, 0.2) is 73.3 Å². The van der Waals surface area contributed by atoms with Crippen molar-refractivity contribution in [3.63, 3.8) is 0 Å². The van der Waals surface area contributed by atoms with Crippen LogP contribution in [0.5, 0.6) is 23.0 Å². The summed E-state index contributed by atoms with van der Waals surface area (Å²) in [4.78, 5) is 8.73. The molecule has 220 valence electrons. The Balaban J connectivity index is 0.000000163. The number of rotatable bonds is 6. The highest BCUT2D eigenvalue weighted by Gasteiger charge is 2.23. The van der Waals surface area contributed by atoms with Crippen LogP contribution in [0, 0.1) is 0 Å². The number of aromatic nitrogens is 4. The average molecular weight is 587 g/mol. The zero-order valence-electron chi connectivity index (χ0n) is 22.9. The van der Waals surface area contributed by atoms with Crippen LogP contribution in [0.2, 0.25) is 0 Å². The zero-order valence-corrected chi connectivity index (χ0v) is 23.7. The van der Waals surface area contributed by atoms with Crippen molar-refractivity contribution < 1.29 is 36.5 Å². The van der Waals surface area contributed by atoms with Gasteiger partial charge in [0.05, 0.1) is 0 Å². The van der Waals surface area contributed by atoms with Crippen LogP contribution in [0.4, 0.5) is 0 Å². The molecule has 0 radical (unpaired) electrons. The zero-order chi connectivity index (χ0) is 29.2. The fourth-order valence-electron chi connectivity index (χ4n) is 4.37. The molecule has 0 aliphatic carbocycles. The summed E-state index contributed by atoms with van der Waals surface area (Å²) in [5.41, 5.74) is 0. The van der Waals surface area contributed by atoms with Gasteiger partial charge in [-0.05, 0) is 38.1 Å². The number of fused-ring (bicyclic) bond motifs is 2. The largest absolute Gasteiger partial charge is 0.486 e. The van der Waals surface area contributed by atoms with Crippen molar-refractivity contribution >= 4 is 10.4 Å². The molecule has 0 amide bonds. The molecule has 2 atom stereocenters. The van der Waals surface area contributed by atoms with E-state index in [4.69, 9.17) is 36.5 Å². The van der Waals surface area contributed by atoms with Crippen LogP contribution in [0.25, 0.3) is 0 Å². The number of hydrogen-bond acceptors (Lipinski definition) is 8. The standard InChI is InChI=1S/2C14H16N2O2.H2O4S/c2*1-2-16-8-7-15-14(16)9-11-10-17-12-5-3-4-6-13(12)18-11;1-5(2,3)4/h2*3-8,11H,2,9-10H2,1H3;(H2,1,2,3,4). The maximum absolute atomic E-state index is 8.74. The van der Waals surface area contributed by atoms with E-state index in [-0.39, 0.29) is 12.2 Å². The highest BCUT2D eigenvalue weighted by molar-refractivity contribution is 7.79. The molecule has 0 saturated heterocycles.